The number of ether oxygens (including phenoxy) is 2. The fourth-order valence-corrected chi connectivity index (χ4v) is 4.78. The molecule has 1 fully saturated rings. The number of rotatable bonds is 4. The molecule has 172 valence electrons. The third-order valence-electron chi connectivity index (χ3n) is 6.79. The largest absolute Gasteiger partial charge is 0.487 e. The van der Waals surface area contributed by atoms with Gasteiger partial charge in [0.25, 0.3) is 0 Å². The molecule has 2 aliphatic rings. The second-order valence-corrected chi connectivity index (χ2v) is 8.83. The average molecular weight is 451 g/mol. The molecule has 0 unspecified atom stereocenters. The van der Waals surface area contributed by atoms with Crippen LogP contribution in [0.3, 0.4) is 0 Å². The number of nitrogens with one attached hydrogen (secondary N) is 1. The monoisotopic (exact) mass is 450 g/mol. The second kappa shape index (κ2) is 8.98. The molecule has 0 saturated carbocycles. The van der Waals surface area contributed by atoms with E-state index in [-0.39, 0.29) is 23.9 Å². The van der Waals surface area contributed by atoms with Gasteiger partial charge in [0.1, 0.15) is 18.2 Å². The molecule has 0 radical (unpaired) electrons. The van der Waals surface area contributed by atoms with Crippen molar-refractivity contribution in [1.29, 1.82) is 0 Å². The summed E-state index contributed by atoms with van der Waals surface area (Å²) in [6, 6.07) is 10.1. The van der Waals surface area contributed by atoms with Crippen molar-refractivity contribution >= 4 is 16.8 Å². The number of fused-ring (bicyclic) bond motifs is 2. The molecule has 5 rings (SSSR count). The normalized spacial score (nSPS) is 16.6. The van der Waals surface area contributed by atoms with Gasteiger partial charge in [0.2, 0.25) is 5.91 Å². The Labute approximate surface area is 191 Å². The highest BCUT2D eigenvalue weighted by atomic mass is 19.1. The first-order valence-corrected chi connectivity index (χ1v) is 11.4. The Morgan fingerprint density at radius 1 is 1.24 bits per heavy atom. The van der Waals surface area contributed by atoms with Crippen molar-refractivity contribution in [2.45, 2.75) is 39.3 Å². The number of amides is 1. The average Bonchev–Trinajstić information content (AvgIpc) is 2.85. The van der Waals surface area contributed by atoms with Gasteiger partial charge < -0.3 is 19.4 Å². The van der Waals surface area contributed by atoms with Gasteiger partial charge in [0, 0.05) is 54.3 Å². The smallest absolute Gasteiger partial charge is 0.226 e. The van der Waals surface area contributed by atoms with E-state index in [1.54, 1.807) is 13.0 Å². The second-order valence-electron chi connectivity index (χ2n) is 8.83. The molecular formula is C26H27FN2O4. The summed E-state index contributed by atoms with van der Waals surface area (Å²) in [5.41, 5.74) is 3.74. The van der Waals surface area contributed by atoms with Gasteiger partial charge in [-0.15, -0.1) is 0 Å². The Morgan fingerprint density at radius 3 is 2.88 bits per heavy atom. The minimum atomic E-state index is -0.438. The van der Waals surface area contributed by atoms with Gasteiger partial charge in [-0.05, 0) is 56.0 Å². The molecular weight excluding hydrogens is 423 g/mol. The van der Waals surface area contributed by atoms with E-state index >= 15 is 0 Å². The van der Waals surface area contributed by atoms with Crippen LogP contribution in [0.15, 0.2) is 41.2 Å². The number of halogens is 1. The van der Waals surface area contributed by atoms with Crippen molar-refractivity contribution in [2.24, 2.45) is 5.92 Å². The zero-order valence-corrected chi connectivity index (χ0v) is 18.7. The molecule has 1 N–H and O–H groups in total. The van der Waals surface area contributed by atoms with E-state index in [4.69, 9.17) is 9.47 Å². The van der Waals surface area contributed by atoms with E-state index in [1.165, 1.54) is 17.7 Å². The molecule has 0 bridgehead atoms. The Kier molecular flexibility index (Phi) is 5.89. The molecule has 1 amide bonds. The number of H-pyrrole nitrogens is 1. The number of hydrogen-bond acceptors (Lipinski definition) is 4. The summed E-state index contributed by atoms with van der Waals surface area (Å²) in [5, 5.41) is 0.329. The Bertz CT molecular complexity index is 1260. The number of pyridine rings is 1. The molecule has 2 aliphatic heterocycles. The summed E-state index contributed by atoms with van der Waals surface area (Å²) in [6.45, 7) is 4.42. The van der Waals surface area contributed by atoms with Gasteiger partial charge >= 0.3 is 0 Å². The zero-order valence-electron chi connectivity index (χ0n) is 18.7. The van der Waals surface area contributed by atoms with Crippen LogP contribution in [0.5, 0.6) is 5.75 Å². The number of carbonyl (C=O) groups excluding carboxylic acids is 1. The van der Waals surface area contributed by atoms with E-state index in [1.807, 2.05) is 17.0 Å². The number of aromatic amines is 1. The van der Waals surface area contributed by atoms with E-state index in [9.17, 15) is 14.0 Å². The molecule has 1 aromatic heterocycles. The van der Waals surface area contributed by atoms with Crippen molar-refractivity contribution < 1.29 is 18.7 Å². The summed E-state index contributed by atoms with van der Waals surface area (Å²) in [7, 11) is 0. The van der Waals surface area contributed by atoms with Crippen molar-refractivity contribution in [3.8, 4) is 5.75 Å². The van der Waals surface area contributed by atoms with Crippen LogP contribution in [-0.2, 0) is 29.1 Å². The van der Waals surface area contributed by atoms with Crippen LogP contribution in [0.25, 0.3) is 10.9 Å². The predicted octanol–water partition coefficient (Wildman–Crippen LogP) is 3.87. The summed E-state index contributed by atoms with van der Waals surface area (Å²) >= 11 is 0. The van der Waals surface area contributed by atoms with Crippen molar-refractivity contribution in [2.75, 3.05) is 19.8 Å². The Balaban J connectivity index is 1.37. The first-order valence-electron chi connectivity index (χ1n) is 11.4. The van der Waals surface area contributed by atoms with Gasteiger partial charge in [-0.3, -0.25) is 9.59 Å². The molecule has 3 heterocycles. The van der Waals surface area contributed by atoms with Gasteiger partial charge in [0.15, 0.2) is 5.43 Å². The minimum absolute atomic E-state index is 0.0311. The third kappa shape index (κ3) is 4.25. The van der Waals surface area contributed by atoms with Gasteiger partial charge in [-0.1, -0.05) is 12.1 Å². The number of hydrogen-bond donors (Lipinski definition) is 1. The lowest BCUT2D eigenvalue weighted by Gasteiger charge is -2.33. The minimum Gasteiger partial charge on any atom is -0.487 e. The van der Waals surface area contributed by atoms with Crippen LogP contribution in [-0.4, -0.2) is 35.5 Å². The van der Waals surface area contributed by atoms with Crippen molar-refractivity contribution in [3.05, 3.63) is 74.8 Å². The molecule has 0 spiro atoms. The number of carbonyl (C=O) groups is 1. The molecule has 3 aromatic rings. The van der Waals surface area contributed by atoms with Crippen LogP contribution in [0.2, 0.25) is 0 Å². The summed E-state index contributed by atoms with van der Waals surface area (Å²) in [5.74, 6) is 0.507. The fraction of sp³-hybridized carbons (Fsp3) is 0.385. The Hall–Kier alpha value is -3.19. The molecule has 7 heteroatoms. The van der Waals surface area contributed by atoms with Crippen LogP contribution < -0.4 is 10.2 Å². The summed E-state index contributed by atoms with van der Waals surface area (Å²) in [6.07, 6.45) is 2.34. The molecule has 1 saturated heterocycles. The number of aromatic nitrogens is 1. The molecule has 0 atom stereocenters. The molecule has 6 nitrogen and oxygen atoms in total. The van der Waals surface area contributed by atoms with Crippen molar-refractivity contribution in [1.82, 2.24) is 9.88 Å². The highest BCUT2D eigenvalue weighted by Gasteiger charge is 2.29. The summed E-state index contributed by atoms with van der Waals surface area (Å²) < 4.78 is 25.1. The van der Waals surface area contributed by atoms with E-state index in [0.717, 1.165) is 30.6 Å². The zero-order chi connectivity index (χ0) is 22.9. The van der Waals surface area contributed by atoms with Gasteiger partial charge in [-0.25, -0.2) is 4.39 Å². The lowest BCUT2D eigenvalue weighted by atomic mass is 9.94. The number of nitrogens with zero attached hydrogens (tertiary/aromatic N) is 1. The standard InChI is InChI=1S/C26H27FN2O4/c1-16-23(28-22-6-5-19(27)13-20(22)25(16)30)15-33-24-4-2-3-17-7-10-29(14-21(17)24)26(31)18-8-11-32-12-9-18/h2-6,13,18H,7-12,14-15H2,1H3,(H,28,30). The van der Waals surface area contributed by atoms with Gasteiger partial charge in [0.05, 0.1) is 5.69 Å². The molecule has 2 aromatic carbocycles. The quantitative estimate of drug-likeness (QED) is 0.655. The molecule has 33 heavy (non-hydrogen) atoms. The van der Waals surface area contributed by atoms with Crippen molar-refractivity contribution in [3.63, 3.8) is 0 Å². The first kappa shape index (κ1) is 21.6. The Morgan fingerprint density at radius 2 is 2.06 bits per heavy atom. The topological polar surface area (TPSA) is 71.6 Å². The highest BCUT2D eigenvalue weighted by molar-refractivity contribution is 5.80. The van der Waals surface area contributed by atoms with E-state index < -0.39 is 5.82 Å². The SMILES string of the molecule is Cc1c(COc2cccc3c2CN(C(=O)C2CCOCC2)CC3)[nH]c2ccc(F)cc2c1=O. The van der Waals surface area contributed by atoms with E-state index in [0.29, 0.717) is 48.5 Å². The maximum atomic E-state index is 13.6. The maximum Gasteiger partial charge on any atom is 0.226 e. The first-order chi connectivity index (χ1) is 16.0. The van der Waals surface area contributed by atoms with Crippen LogP contribution in [0.4, 0.5) is 4.39 Å². The lowest BCUT2D eigenvalue weighted by molar-refractivity contribution is -0.139. The fourth-order valence-electron chi connectivity index (χ4n) is 4.78. The summed E-state index contributed by atoms with van der Waals surface area (Å²) in [4.78, 5) is 30.9. The third-order valence-corrected chi connectivity index (χ3v) is 6.79. The highest BCUT2D eigenvalue weighted by Crippen LogP contribution is 2.30. The van der Waals surface area contributed by atoms with Crippen LogP contribution in [0, 0.1) is 18.7 Å². The van der Waals surface area contributed by atoms with Crippen LogP contribution >= 0.6 is 0 Å². The van der Waals surface area contributed by atoms with Crippen LogP contribution in [0.1, 0.15) is 35.2 Å². The van der Waals surface area contributed by atoms with E-state index in [2.05, 4.69) is 11.1 Å². The predicted molar refractivity (Wildman–Crippen MR) is 123 cm³/mol. The number of benzene rings is 2. The molecule has 0 aliphatic carbocycles. The lowest BCUT2D eigenvalue weighted by Crippen LogP contribution is -2.41. The maximum absolute atomic E-state index is 13.6. The van der Waals surface area contributed by atoms with Gasteiger partial charge in [-0.2, -0.15) is 0 Å².